The molecular formula is C14H18O5S. The molecule has 6 heteroatoms. The van der Waals surface area contributed by atoms with Gasteiger partial charge in [0.05, 0.1) is 6.61 Å². The Labute approximate surface area is 122 Å². The monoisotopic (exact) mass is 298 g/mol. The van der Waals surface area contributed by atoms with Crippen molar-refractivity contribution in [1.82, 2.24) is 0 Å². The second kappa shape index (κ2) is 8.47. The standard InChI is InChI=1S/C14H18O5S/c1-3-18-12-4-6-13(7-5-12)19-8-11(14(16)17)9-20-10(2)15/h4-7,11H,3,8-9H2,1-2H3,(H,16,17). The first kappa shape index (κ1) is 16.4. The molecule has 110 valence electrons. The quantitative estimate of drug-likeness (QED) is 0.794. The molecule has 0 spiro atoms. The van der Waals surface area contributed by atoms with Crippen molar-refractivity contribution in [3.63, 3.8) is 0 Å². The summed E-state index contributed by atoms with van der Waals surface area (Å²) in [6.07, 6.45) is 0. The molecule has 0 saturated heterocycles. The lowest BCUT2D eigenvalue weighted by Crippen LogP contribution is -2.24. The number of thioether (sulfide) groups is 1. The molecule has 0 saturated carbocycles. The van der Waals surface area contributed by atoms with Gasteiger partial charge in [0, 0.05) is 12.7 Å². The van der Waals surface area contributed by atoms with E-state index in [-0.39, 0.29) is 17.5 Å². The number of aliphatic carboxylic acids is 1. The van der Waals surface area contributed by atoms with E-state index in [1.807, 2.05) is 6.92 Å². The number of carboxylic acid groups (broad SMARTS) is 1. The molecule has 0 aliphatic carbocycles. The van der Waals surface area contributed by atoms with Crippen LogP contribution in [0, 0.1) is 5.92 Å². The van der Waals surface area contributed by atoms with Crippen molar-refractivity contribution >= 4 is 22.8 Å². The molecular weight excluding hydrogens is 280 g/mol. The average Bonchev–Trinajstić information content (AvgIpc) is 2.40. The van der Waals surface area contributed by atoms with Crippen LogP contribution in [0.25, 0.3) is 0 Å². The van der Waals surface area contributed by atoms with Crippen LogP contribution >= 0.6 is 11.8 Å². The fourth-order valence-corrected chi connectivity index (χ4v) is 2.08. The van der Waals surface area contributed by atoms with E-state index in [1.54, 1.807) is 24.3 Å². The van der Waals surface area contributed by atoms with Gasteiger partial charge in [0.2, 0.25) is 0 Å². The Kier molecular flexibility index (Phi) is 6.93. The molecule has 0 heterocycles. The van der Waals surface area contributed by atoms with Gasteiger partial charge in [-0.05, 0) is 31.2 Å². The summed E-state index contributed by atoms with van der Waals surface area (Å²) in [5, 5.41) is 8.95. The fourth-order valence-electron chi connectivity index (χ4n) is 1.40. The summed E-state index contributed by atoms with van der Waals surface area (Å²) in [5.74, 6) is -0.156. The maximum absolute atomic E-state index is 11.0. The van der Waals surface area contributed by atoms with Crippen molar-refractivity contribution in [3.8, 4) is 11.5 Å². The molecule has 20 heavy (non-hydrogen) atoms. The van der Waals surface area contributed by atoms with E-state index in [0.29, 0.717) is 12.4 Å². The summed E-state index contributed by atoms with van der Waals surface area (Å²) in [6, 6.07) is 6.97. The number of carbonyl (C=O) groups excluding carboxylic acids is 1. The third-order valence-electron chi connectivity index (χ3n) is 2.42. The summed E-state index contributed by atoms with van der Waals surface area (Å²) >= 11 is 0.992. The molecule has 0 bridgehead atoms. The topological polar surface area (TPSA) is 72.8 Å². The van der Waals surface area contributed by atoms with E-state index in [1.165, 1.54) is 6.92 Å². The van der Waals surface area contributed by atoms with E-state index in [0.717, 1.165) is 17.5 Å². The number of carboxylic acids is 1. The maximum Gasteiger partial charge on any atom is 0.310 e. The zero-order chi connectivity index (χ0) is 15.0. The highest BCUT2D eigenvalue weighted by Crippen LogP contribution is 2.19. The summed E-state index contributed by atoms with van der Waals surface area (Å²) in [6.45, 7) is 3.93. The number of hydrogen-bond donors (Lipinski definition) is 1. The molecule has 1 aromatic carbocycles. The molecule has 0 aliphatic heterocycles. The zero-order valence-electron chi connectivity index (χ0n) is 11.5. The normalized spacial score (nSPS) is 11.7. The van der Waals surface area contributed by atoms with Gasteiger partial charge >= 0.3 is 5.97 Å². The first-order chi connectivity index (χ1) is 9.52. The van der Waals surface area contributed by atoms with Crippen LogP contribution in [0.2, 0.25) is 0 Å². The van der Waals surface area contributed by atoms with E-state index in [2.05, 4.69) is 0 Å². The van der Waals surface area contributed by atoms with Gasteiger partial charge in [0.15, 0.2) is 5.12 Å². The van der Waals surface area contributed by atoms with Crippen molar-refractivity contribution in [2.24, 2.45) is 5.92 Å². The van der Waals surface area contributed by atoms with Gasteiger partial charge in [0.1, 0.15) is 24.0 Å². The molecule has 0 amide bonds. The van der Waals surface area contributed by atoms with Gasteiger partial charge in [-0.25, -0.2) is 0 Å². The van der Waals surface area contributed by atoms with E-state index >= 15 is 0 Å². The van der Waals surface area contributed by atoms with Crippen molar-refractivity contribution in [1.29, 1.82) is 0 Å². The largest absolute Gasteiger partial charge is 0.494 e. The van der Waals surface area contributed by atoms with Gasteiger partial charge in [-0.3, -0.25) is 9.59 Å². The first-order valence-electron chi connectivity index (χ1n) is 6.24. The number of carbonyl (C=O) groups is 2. The first-order valence-corrected chi connectivity index (χ1v) is 7.23. The van der Waals surface area contributed by atoms with Crippen LogP contribution in [-0.2, 0) is 9.59 Å². The average molecular weight is 298 g/mol. The number of rotatable bonds is 8. The lowest BCUT2D eigenvalue weighted by molar-refractivity contribution is -0.141. The van der Waals surface area contributed by atoms with Crippen LogP contribution in [0.3, 0.4) is 0 Å². The lowest BCUT2D eigenvalue weighted by atomic mass is 10.2. The summed E-state index contributed by atoms with van der Waals surface area (Å²) in [5.41, 5.74) is 0. The Hall–Kier alpha value is -1.69. The highest BCUT2D eigenvalue weighted by Gasteiger charge is 2.19. The SMILES string of the molecule is CCOc1ccc(OCC(CSC(C)=O)C(=O)O)cc1. The third kappa shape index (κ3) is 5.97. The molecule has 1 unspecified atom stereocenters. The lowest BCUT2D eigenvalue weighted by Gasteiger charge is -2.13. The fraction of sp³-hybridized carbons (Fsp3) is 0.429. The second-order valence-electron chi connectivity index (χ2n) is 4.05. The molecule has 1 N–H and O–H groups in total. The summed E-state index contributed by atoms with van der Waals surface area (Å²) in [7, 11) is 0. The smallest absolute Gasteiger partial charge is 0.310 e. The number of ether oxygens (including phenoxy) is 2. The Balaban J connectivity index is 2.49. The van der Waals surface area contributed by atoms with Crippen molar-refractivity contribution in [2.75, 3.05) is 19.0 Å². The van der Waals surface area contributed by atoms with Crippen LogP contribution in [0.1, 0.15) is 13.8 Å². The Morgan fingerprint density at radius 2 is 1.75 bits per heavy atom. The number of benzene rings is 1. The van der Waals surface area contributed by atoms with Crippen molar-refractivity contribution in [2.45, 2.75) is 13.8 Å². The van der Waals surface area contributed by atoms with Gasteiger partial charge in [0.25, 0.3) is 0 Å². The minimum atomic E-state index is -0.968. The Bertz CT molecular complexity index is 443. The van der Waals surface area contributed by atoms with E-state index in [4.69, 9.17) is 14.6 Å². The van der Waals surface area contributed by atoms with Crippen LogP contribution in [-0.4, -0.2) is 35.2 Å². The molecule has 0 fully saturated rings. The maximum atomic E-state index is 11.0. The molecule has 0 radical (unpaired) electrons. The predicted octanol–water partition coefficient (Wildman–Crippen LogP) is 2.44. The van der Waals surface area contributed by atoms with Crippen LogP contribution < -0.4 is 9.47 Å². The van der Waals surface area contributed by atoms with Gasteiger partial charge in [-0.1, -0.05) is 11.8 Å². The van der Waals surface area contributed by atoms with E-state index < -0.39 is 11.9 Å². The molecule has 0 aliphatic rings. The molecule has 1 atom stereocenters. The van der Waals surface area contributed by atoms with Crippen molar-refractivity contribution < 1.29 is 24.2 Å². The molecule has 5 nitrogen and oxygen atoms in total. The predicted molar refractivity (Wildman–Crippen MR) is 77.4 cm³/mol. The van der Waals surface area contributed by atoms with Crippen molar-refractivity contribution in [3.05, 3.63) is 24.3 Å². The highest BCUT2D eigenvalue weighted by molar-refractivity contribution is 8.13. The molecule has 1 rings (SSSR count). The van der Waals surface area contributed by atoms with Crippen LogP contribution in [0.5, 0.6) is 11.5 Å². The minimum absolute atomic E-state index is 0.0313. The number of hydrogen-bond acceptors (Lipinski definition) is 5. The second-order valence-corrected chi connectivity index (χ2v) is 5.25. The Morgan fingerprint density at radius 1 is 1.20 bits per heavy atom. The minimum Gasteiger partial charge on any atom is -0.494 e. The Morgan fingerprint density at radius 3 is 2.20 bits per heavy atom. The molecule has 0 aromatic heterocycles. The van der Waals surface area contributed by atoms with Crippen LogP contribution in [0.15, 0.2) is 24.3 Å². The van der Waals surface area contributed by atoms with Gasteiger partial charge < -0.3 is 14.6 Å². The van der Waals surface area contributed by atoms with Gasteiger partial charge in [-0.2, -0.15) is 0 Å². The zero-order valence-corrected chi connectivity index (χ0v) is 12.3. The summed E-state index contributed by atoms with van der Waals surface area (Å²) < 4.78 is 10.7. The van der Waals surface area contributed by atoms with Gasteiger partial charge in [-0.15, -0.1) is 0 Å². The van der Waals surface area contributed by atoms with E-state index in [9.17, 15) is 9.59 Å². The summed E-state index contributed by atoms with van der Waals surface area (Å²) in [4.78, 5) is 21.9. The highest BCUT2D eigenvalue weighted by atomic mass is 32.2. The van der Waals surface area contributed by atoms with Crippen LogP contribution in [0.4, 0.5) is 0 Å². The molecule has 1 aromatic rings. The third-order valence-corrected chi connectivity index (χ3v) is 3.40.